The Balaban J connectivity index is 2.21. The van der Waals surface area contributed by atoms with Crippen molar-refractivity contribution in [3.05, 3.63) is 66.8 Å². The van der Waals surface area contributed by atoms with Gasteiger partial charge < -0.3 is 10.2 Å². The van der Waals surface area contributed by atoms with Crippen molar-refractivity contribution in [3.8, 4) is 0 Å². The van der Waals surface area contributed by atoms with Crippen molar-refractivity contribution in [1.29, 1.82) is 0 Å². The summed E-state index contributed by atoms with van der Waals surface area (Å²) in [6.07, 6.45) is 2.48. The summed E-state index contributed by atoms with van der Waals surface area (Å²) in [5.74, 6) is 0.398. The van der Waals surface area contributed by atoms with Gasteiger partial charge in [-0.3, -0.25) is 0 Å². The van der Waals surface area contributed by atoms with E-state index in [1.54, 1.807) is 29.6 Å². The van der Waals surface area contributed by atoms with E-state index in [2.05, 4.69) is 16.9 Å². The van der Waals surface area contributed by atoms with E-state index in [4.69, 9.17) is 0 Å². The summed E-state index contributed by atoms with van der Waals surface area (Å²) in [6.45, 7) is 5.72. The van der Waals surface area contributed by atoms with Crippen LogP contribution in [0.5, 0.6) is 0 Å². The molecule has 6 heteroatoms. The molecule has 1 heterocycles. The number of hydrogen-bond donors (Lipinski definition) is 1. The monoisotopic (exact) mass is 293 g/mol. The summed E-state index contributed by atoms with van der Waals surface area (Å²) in [7, 11) is 0. The molecule has 1 N–H and O–H groups in total. The van der Waals surface area contributed by atoms with E-state index >= 15 is 0 Å². The Morgan fingerprint density at radius 2 is 2.10 bits per heavy atom. The van der Waals surface area contributed by atoms with E-state index in [9.17, 15) is 13.2 Å². The second-order valence-corrected chi connectivity index (χ2v) is 4.32. The van der Waals surface area contributed by atoms with Gasteiger partial charge in [0.15, 0.2) is 5.84 Å². The number of nitrogens with one attached hydrogen (secondary N) is 1. The fraction of sp³-hybridized carbons (Fsp3) is 0.133. The van der Waals surface area contributed by atoms with Crippen LogP contribution in [-0.4, -0.2) is 10.7 Å². The Kier molecular flexibility index (Phi) is 4.16. The normalized spacial score (nSPS) is 15.5. The van der Waals surface area contributed by atoms with Gasteiger partial charge in [0.1, 0.15) is 0 Å². The van der Waals surface area contributed by atoms with Crippen LogP contribution in [0.3, 0.4) is 0 Å². The lowest BCUT2D eigenvalue weighted by Gasteiger charge is -2.23. The first-order valence-corrected chi connectivity index (χ1v) is 6.21. The minimum atomic E-state index is -4.38. The Hall–Kier alpha value is -2.50. The van der Waals surface area contributed by atoms with E-state index in [1.807, 2.05) is 13.0 Å². The molecule has 0 saturated heterocycles. The molecular formula is C15H14F3N3. The van der Waals surface area contributed by atoms with Crippen LogP contribution in [-0.2, 0) is 6.18 Å². The molecule has 0 fully saturated rings. The van der Waals surface area contributed by atoms with Crippen molar-refractivity contribution in [2.24, 2.45) is 4.99 Å². The van der Waals surface area contributed by atoms with Gasteiger partial charge in [-0.2, -0.15) is 13.2 Å². The van der Waals surface area contributed by atoms with Gasteiger partial charge in [-0.15, -0.1) is 0 Å². The van der Waals surface area contributed by atoms with Crippen molar-refractivity contribution in [2.45, 2.75) is 13.1 Å². The van der Waals surface area contributed by atoms with Crippen LogP contribution in [0, 0.1) is 0 Å². The van der Waals surface area contributed by atoms with Crippen LogP contribution in [0.15, 0.2) is 66.2 Å². The van der Waals surface area contributed by atoms with E-state index in [0.717, 1.165) is 12.1 Å². The fourth-order valence-electron chi connectivity index (χ4n) is 1.78. The minimum Gasteiger partial charge on any atom is -0.338 e. The lowest BCUT2D eigenvalue weighted by molar-refractivity contribution is -0.137. The van der Waals surface area contributed by atoms with Crippen LogP contribution in [0.2, 0.25) is 0 Å². The predicted octanol–water partition coefficient (Wildman–Crippen LogP) is 4.35. The highest BCUT2D eigenvalue weighted by Gasteiger charge is 2.30. The molecule has 0 aromatic heterocycles. The Morgan fingerprint density at radius 3 is 2.76 bits per heavy atom. The molecule has 1 aromatic carbocycles. The topological polar surface area (TPSA) is 27.6 Å². The van der Waals surface area contributed by atoms with E-state index < -0.39 is 11.7 Å². The van der Waals surface area contributed by atoms with Crippen molar-refractivity contribution in [3.63, 3.8) is 0 Å². The largest absolute Gasteiger partial charge is 0.416 e. The molecule has 0 spiro atoms. The third-order valence-electron chi connectivity index (χ3n) is 2.78. The van der Waals surface area contributed by atoms with Crippen LogP contribution < -0.4 is 5.32 Å². The maximum Gasteiger partial charge on any atom is 0.416 e. The number of amidine groups is 1. The minimum absolute atomic E-state index is 0.306. The highest BCUT2D eigenvalue weighted by Crippen LogP contribution is 2.30. The highest BCUT2D eigenvalue weighted by molar-refractivity contribution is 6.08. The van der Waals surface area contributed by atoms with Gasteiger partial charge in [-0.25, -0.2) is 4.99 Å². The second kappa shape index (κ2) is 5.87. The van der Waals surface area contributed by atoms with Gasteiger partial charge in [0.25, 0.3) is 0 Å². The van der Waals surface area contributed by atoms with Crippen molar-refractivity contribution < 1.29 is 13.2 Å². The molecule has 0 aliphatic carbocycles. The van der Waals surface area contributed by atoms with Gasteiger partial charge in [0.05, 0.1) is 11.3 Å². The highest BCUT2D eigenvalue weighted by atomic mass is 19.4. The number of hydrogen-bond acceptors (Lipinski definition) is 3. The van der Waals surface area contributed by atoms with Gasteiger partial charge in [-0.1, -0.05) is 18.7 Å². The van der Waals surface area contributed by atoms with Crippen LogP contribution in [0.25, 0.3) is 0 Å². The second-order valence-electron chi connectivity index (χ2n) is 4.32. The molecule has 1 aliphatic heterocycles. The Bertz CT molecular complexity index is 627. The summed E-state index contributed by atoms with van der Waals surface area (Å²) in [6, 6.07) is 4.95. The molecule has 0 unspecified atom stereocenters. The van der Waals surface area contributed by atoms with Crippen molar-refractivity contribution in [1.82, 2.24) is 4.90 Å². The van der Waals surface area contributed by atoms with E-state index in [1.165, 1.54) is 6.07 Å². The van der Waals surface area contributed by atoms with Crippen LogP contribution >= 0.6 is 0 Å². The van der Waals surface area contributed by atoms with E-state index in [-0.39, 0.29) is 0 Å². The van der Waals surface area contributed by atoms with Gasteiger partial charge in [0, 0.05) is 24.3 Å². The van der Waals surface area contributed by atoms with E-state index in [0.29, 0.717) is 17.2 Å². The molecular weight excluding hydrogens is 279 g/mol. The Morgan fingerprint density at radius 1 is 1.33 bits per heavy atom. The molecule has 0 radical (unpaired) electrons. The van der Waals surface area contributed by atoms with Gasteiger partial charge in [-0.05, 0) is 25.1 Å². The number of rotatable bonds is 2. The molecule has 0 amide bonds. The fourth-order valence-corrected chi connectivity index (χ4v) is 1.78. The maximum atomic E-state index is 12.7. The summed E-state index contributed by atoms with van der Waals surface area (Å²) in [5.41, 5.74) is 0.142. The maximum absolute atomic E-state index is 12.7. The zero-order chi connectivity index (χ0) is 15.5. The lowest BCUT2D eigenvalue weighted by Crippen LogP contribution is -2.25. The summed E-state index contributed by atoms with van der Waals surface area (Å²) in [5, 5.41) is 2.86. The number of nitrogens with zero attached hydrogens (tertiary/aromatic N) is 2. The third kappa shape index (κ3) is 3.53. The molecule has 1 aromatic rings. The number of anilines is 1. The SMILES string of the molecule is C=C1C(Nc2cccc(C(F)(F)F)c2)=NC=CN1/C=C\C. The zero-order valence-electron chi connectivity index (χ0n) is 11.4. The Labute approximate surface area is 120 Å². The average Bonchev–Trinajstić information content (AvgIpc) is 2.43. The molecule has 0 saturated carbocycles. The number of benzene rings is 1. The summed E-state index contributed by atoms with van der Waals surface area (Å²) in [4.78, 5) is 5.82. The van der Waals surface area contributed by atoms with Crippen LogP contribution in [0.1, 0.15) is 12.5 Å². The number of aliphatic imine (C=N–C) groups is 1. The number of halogens is 3. The average molecular weight is 293 g/mol. The quantitative estimate of drug-likeness (QED) is 0.878. The first-order valence-electron chi connectivity index (χ1n) is 6.21. The molecule has 1 aliphatic rings. The molecule has 110 valence electrons. The molecule has 21 heavy (non-hydrogen) atoms. The summed E-state index contributed by atoms with van der Waals surface area (Å²) < 4.78 is 38.0. The van der Waals surface area contributed by atoms with Crippen molar-refractivity contribution in [2.75, 3.05) is 5.32 Å². The zero-order valence-corrected chi connectivity index (χ0v) is 11.4. The van der Waals surface area contributed by atoms with Crippen molar-refractivity contribution >= 4 is 11.5 Å². The lowest BCUT2D eigenvalue weighted by atomic mass is 10.2. The van der Waals surface area contributed by atoms with Crippen LogP contribution in [0.4, 0.5) is 18.9 Å². The number of alkyl halides is 3. The summed E-state index contributed by atoms with van der Waals surface area (Å²) >= 11 is 0. The first kappa shape index (κ1) is 14.9. The molecule has 0 atom stereocenters. The molecule has 2 rings (SSSR count). The standard InChI is InChI=1S/C15H14F3N3/c1-3-8-21-9-7-19-14(11(21)2)20-13-6-4-5-12(10-13)15(16,17)18/h3-10H,2H2,1H3,(H,19,20)/b8-3-. The number of allylic oxidation sites excluding steroid dienone is 1. The molecule has 0 bridgehead atoms. The third-order valence-corrected chi connectivity index (χ3v) is 2.78. The predicted molar refractivity (Wildman–Crippen MR) is 77.4 cm³/mol. The molecule has 3 nitrogen and oxygen atoms in total. The van der Waals surface area contributed by atoms with Gasteiger partial charge in [0.2, 0.25) is 0 Å². The first-order chi connectivity index (χ1) is 9.91. The smallest absolute Gasteiger partial charge is 0.338 e. The van der Waals surface area contributed by atoms with Gasteiger partial charge >= 0.3 is 6.18 Å².